The molecule has 0 spiro atoms. The van der Waals surface area contributed by atoms with Gasteiger partial charge in [0.25, 0.3) is 0 Å². The van der Waals surface area contributed by atoms with Gasteiger partial charge in [-0.1, -0.05) is 36.4 Å². The predicted octanol–water partition coefficient (Wildman–Crippen LogP) is 5.46. The zero-order valence-electron chi connectivity index (χ0n) is 17.1. The topological polar surface area (TPSA) is 44.2 Å². The predicted molar refractivity (Wildman–Crippen MR) is 118 cm³/mol. The maximum absolute atomic E-state index is 5.51. The number of benzene rings is 2. The molecule has 0 saturated heterocycles. The Labute approximate surface area is 177 Å². The second kappa shape index (κ2) is 9.23. The van der Waals surface area contributed by atoms with Gasteiger partial charge < -0.3 is 9.47 Å². The third kappa shape index (κ3) is 4.18. The lowest BCUT2D eigenvalue weighted by Crippen LogP contribution is -2.17. The third-order valence-corrected chi connectivity index (χ3v) is 5.25. The van der Waals surface area contributed by atoms with E-state index in [4.69, 9.17) is 19.4 Å². The summed E-state index contributed by atoms with van der Waals surface area (Å²) in [5.74, 6) is 1.53. The van der Waals surface area contributed by atoms with Crippen molar-refractivity contribution in [1.29, 1.82) is 0 Å². The second-order valence-electron chi connectivity index (χ2n) is 7.02. The summed E-state index contributed by atoms with van der Waals surface area (Å²) in [7, 11) is 3.38. The Bertz CT molecular complexity index is 995. The van der Waals surface area contributed by atoms with Crippen molar-refractivity contribution in [2.75, 3.05) is 14.2 Å². The third-order valence-electron chi connectivity index (χ3n) is 5.25. The van der Waals surface area contributed by atoms with Gasteiger partial charge >= 0.3 is 0 Å². The summed E-state index contributed by atoms with van der Waals surface area (Å²) in [6, 6.07) is 28.4. The number of hydrogen-bond acceptors (Lipinski definition) is 4. The van der Waals surface area contributed by atoms with Crippen LogP contribution < -0.4 is 9.47 Å². The molecule has 0 aliphatic carbocycles. The molecule has 2 aromatic heterocycles. The van der Waals surface area contributed by atoms with Gasteiger partial charge in [-0.3, -0.25) is 9.97 Å². The highest BCUT2D eigenvalue weighted by molar-refractivity contribution is 5.44. The van der Waals surface area contributed by atoms with E-state index in [2.05, 4.69) is 36.4 Å². The molecule has 150 valence electrons. The van der Waals surface area contributed by atoms with Gasteiger partial charge in [0, 0.05) is 35.6 Å². The molecule has 0 aliphatic heterocycles. The zero-order chi connectivity index (χ0) is 20.8. The van der Waals surface area contributed by atoms with Gasteiger partial charge in [-0.25, -0.2) is 0 Å². The standard InChI is InChI=1S/C26H24N2O2/c1-29-21-11-7-9-19(17-21)25(23-13-3-5-15-27-23)26(24-14-4-6-16-28-24)20-10-8-12-22(18-20)30-2/h3-18,25-26H,1-2H3/t25-,26+. The molecule has 2 atom stereocenters. The van der Waals surface area contributed by atoms with E-state index in [0.717, 1.165) is 34.0 Å². The quantitative estimate of drug-likeness (QED) is 0.416. The number of methoxy groups -OCH3 is 2. The Morgan fingerprint density at radius 2 is 1.03 bits per heavy atom. The summed E-state index contributed by atoms with van der Waals surface area (Å²) in [5, 5.41) is 0. The Kier molecular flexibility index (Phi) is 6.04. The maximum atomic E-state index is 5.51. The normalized spacial score (nSPS) is 12.7. The van der Waals surface area contributed by atoms with Gasteiger partial charge in [-0.05, 0) is 59.7 Å². The van der Waals surface area contributed by atoms with Gasteiger partial charge in [0.1, 0.15) is 11.5 Å². The average molecular weight is 396 g/mol. The van der Waals surface area contributed by atoms with Crippen LogP contribution in [0.1, 0.15) is 34.4 Å². The van der Waals surface area contributed by atoms with E-state index in [1.165, 1.54) is 0 Å². The number of nitrogens with zero attached hydrogens (tertiary/aromatic N) is 2. The van der Waals surface area contributed by atoms with E-state index in [-0.39, 0.29) is 11.8 Å². The molecule has 0 bridgehead atoms. The van der Waals surface area contributed by atoms with Crippen molar-refractivity contribution in [2.45, 2.75) is 11.8 Å². The van der Waals surface area contributed by atoms with E-state index >= 15 is 0 Å². The lowest BCUT2D eigenvalue weighted by molar-refractivity contribution is 0.413. The Morgan fingerprint density at radius 1 is 0.567 bits per heavy atom. The van der Waals surface area contributed by atoms with Crippen molar-refractivity contribution in [3.05, 3.63) is 120 Å². The highest BCUT2D eigenvalue weighted by Crippen LogP contribution is 2.42. The largest absolute Gasteiger partial charge is 0.497 e. The molecule has 0 fully saturated rings. The minimum Gasteiger partial charge on any atom is -0.497 e. The molecule has 30 heavy (non-hydrogen) atoms. The van der Waals surface area contributed by atoms with Crippen molar-refractivity contribution in [3.63, 3.8) is 0 Å². The molecule has 4 heteroatoms. The van der Waals surface area contributed by atoms with Crippen molar-refractivity contribution in [1.82, 2.24) is 9.97 Å². The molecule has 0 radical (unpaired) electrons. The van der Waals surface area contributed by atoms with Crippen LogP contribution in [0.2, 0.25) is 0 Å². The SMILES string of the molecule is COc1cccc([C@H](c2ccccn2)[C@@H](c2cccc(OC)c2)c2ccccn2)c1. The van der Waals surface area contributed by atoms with Gasteiger partial charge in [0.2, 0.25) is 0 Å². The van der Waals surface area contributed by atoms with Gasteiger partial charge in [-0.15, -0.1) is 0 Å². The lowest BCUT2D eigenvalue weighted by atomic mass is 9.77. The Hall–Kier alpha value is -3.66. The summed E-state index contributed by atoms with van der Waals surface area (Å²) in [4.78, 5) is 9.45. The Balaban J connectivity index is 1.95. The van der Waals surface area contributed by atoms with E-state index in [9.17, 15) is 0 Å². The molecule has 2 aromatic carbocycles. The van der Waals surface area contributed by atoms with Crippen LogP contribution in [0.4, 0.5) is 0 Å². The number of rotatable bonds is 7. The van der Waals surface area contributed by atoms with Crippen LogP contribution in [0.25, 0.3) is 0 Å². The van der Waals surface area contributed by atoms with Crippen molar-refractivity contribution in [2.24, 2.45) is 0 Å². The van der Waals surface area contributed by atoms with E-state index in [1.54, 1.807) is 14.2 Å². The summed E-state index contributed by atoms with van der Waals surface area (Å²) < 4.78 is 11.0. The first-order chi connectivity index (χ1) is 14.8. The molecule has 4 nitrogen and oxygen atoms in total. The van der Waals surface area contributed by atoms with Crippen LogP contribution in [0.3, 0.4) is 0 Å². The first-order valence-electron chi connectivity index (χ1n) is 9.90. The number of hydrogen-bond donors (Lipinski definition) is 0. The molecular weight excluding hydrogens is 372 g/mol. The lowest BCUT2D eigenvalue weighted by Gasteiger charge is -2.28. The van der Waals surface area contributed by atoms with Crippen LogP contribution in [0.15, 0.2) is 97.3 Å². The van der Waals surface area contributed by atoms with Crippen LogP contribution in [0.5, 0.6) is 11.5 Å². The maximum Gasteiger partial charge on any atom is 0.119 e. The van der Waals surface area contributed by atoms with Gasteiger partial charge in [-0.2, -0.15) is 0 Å². The highest BCUT2D eigenvalue weighted by Gasteiger charge is 2.30. The minimum absolute atomic E-state index is 0.0525. The van der Waals surface area contributed by atoms with Crippen molar-refractivity contribution in [3.8, 4) is 11.5 Å². The molecule has 2 heterocycles. The highest BCUT2D eigenvalue weighted by atomic mass is 16.5. The van der Waals surface area contributed by atoms with Gasteiger partial charge in [0.05, 0.1) is 14.2 Å². The summed E-state index contributed by atoms with van der Waals surface area (Å²) in [6.45, 7) is 0. The average Bonchev–Trinajstić information content (AvgIpc) is 2.83. The fourth-order valence-electron chi connectivity index (χ4n) is 3.86. The molecule has 0 unspecified atom stereocenters. The fraction of sp³-hybridized carbons (Fsp3) is 0.154. The number of pyridine rings is 2. The van der Waals surface area contributed by atoms with Crippen LogP contribution >= 0.6 is 0 Å². The van der Waals surface area contributed by atoms with Crippen LogP contribution in [-0.4, -0.2) is 24.2 Å². The molecule has 0 amide bonds. The number of ether oxygens (including phenoxy) is 2. The molecule has 0 N–H and O–H groups in total. The molecule has 4 rings (SSSR count). The first kappa shape index (κ1) is 19.6. The van der Waals surface area contributed by atoms with Crippen molar-refractivity contribution >= 4 is 0 Å². The van der Waals surface area contributed by atoms with E-state index < -0.39 is 0 Å². The summed E-state index contributed by atoms with van der Waals surface area (Å²) in [6.07, 6.45) is 3.67. The monoisotopic (exact) mass is 396 g/mol. The summed E-state index contributed by atoms with van der Waals surface area (Å²) >= 11 is 0. The van der Waals surface area contributed by atoms with Crippen LogP contribution in [-0.2, 0) is 0 Å². The van der Waals surface area contributed by atoms with E-state index in [0.29, 0.717) is 0 Å². The van der Waals surface area contributed by atoms with E-state index in [1.807, 2.05) is 60.9 Å². The smallest absolute Gasteiger partial charge is 0.119 e. The molecule has 0 aliphatic rings. The van der Waals surface area contributed by atoms with Crippen molar-refractivity contribution < 1.29 is 9.47 Å². The number of aromatic nitrogens is 2. The zero-order valence-corrected chi connectivity index (χ0v) is 17.1. The fourth-order valence-corrected chi connectivity index (χ4v) is 3.86. The van der Waals surface area contributed by atoms with Crippen LogP contribution in [0, 0.1) is 0 Å². The molecule has 4 aromatic rings. The Morgan fingerprint density at radius 3 is 1.40 bits per heavy atom. The second-order valence-corrected chi connectivity index (χ2v) is 7.02. The molecule has 0 saturated carbocycles. The van der Waals surface area contributed by atoms with Gasteiger partial charge in [0.15, 0.2) is 0 Å². The summed E-state index contributed by atoms with van der Waals surface area (Å²) in [5.41, 5.74) is 4.19. The molecular formula is C26H24N2O2. The minimum atomic E-state index is -0.0525. The first-order valence-corrected chi connectivity index (χ1v) is 9.90.